The zero-order valence-corrected chi connectivity index (χ0v) is 11.8. The number of carbonyl (C=O) groups is 1. The third-order valence-corrected chi connectivity index (χ3v) is 3.73. The number of carbonyl (C=O) groups excluding carboxylic acids is 1. The van der Waals surface area contributed by atoms with Crippen LogP contribution < -0.4 is 4.74 Å². The van der Waals surface area contributed by atoms with Crippen LogP contribution >= 0.6 is 0 Å². The van der Waals surface area contributed by atoms with E-state index >= 15 is 0 Å². The van der Waals surface area contributed by atoms with Crippen molar-refractivity contribution in [1.82, 2.24) is 4.90 Å². The van der Waals surface area contributed by atoms with Gasteiger partial charge in [0.25, 0.3) is 11.6 Å². The number of likely N-dealkylation sites (tertiary alicyclic amines) is 1. The third-order valence-electron chi connectivity index (χ3n) is 3.73. The second kappa shape index (κ2) is 6.53. The standard InChI is InChI=1S/C14H18N2O5/c1-21-13-8-10(16(19)20)5-6-12(13)14(18)15-7-3-2-4-11(15)9-17/h5-6,8,11,17H,2-4,7,9H2,1H3. The van der Waals surface area contributed by atoms with Crippen LogP contribution in [0.3, 0.4) is 0 Å². The second-order valence-electron chi connectivity index (χ2n) is 4.97. The first-order valence-corrected chi connectivity index (χ1v) is 6.82. The van der Waals surface area contributed by atoms with Crippen LogP contribution in [-0.4, -0.2) is 47.1 Å². The normalized spacial score (nSPS) is 18.4. The van der Waals surface area contributed by atoms with E-state index in [4.69, 9.17) is 4.74 Å². The van der Waals surface area contributed by atoms with Gasteiger partial charge in [0, 0.05) is 12.6 Å². The minimum Gasteiger partial charge on any atom is -0.496 e. The maximum atomic E-state index is 12.6. The molecule has 1 heterocycles. The molecule has 1 aliphatic heterocycles. The number of ether oxygens (including phenoxy) is 1. The third kappa shape index (κ3) is 3.13. The van der Waals surface area contributed by atoms with Crippen LogP contribution in [0.25, 0.3) is 0 Å². The highest BCUT2D eigenvalue weighted by Gasteiger charge is 2.29. The van der Waals surface area contributed by atoms with Crippen LogP contribution in [0.2, 0.25) is 0 Å². The van der Waals surface area contributed by atoms with Gasteiger partial charge in [-0.2, -0.15) is 0 Å². The highest BCUT2D eigenvalue weighted by molar-refractivity contribution is 5.97. The molecule has 7 nitrogen and oxygen atoms in total. The number of hydrogen-bond donors (Lipinski definition) is 1. The van der Waals surface area contributed by atoms with E-state index in [2.05, 4.69) is 0 Å². The number of methoxy groups -OCH3 is 1. The molecule has 2 rings (SSSR count). The summed E-state index contributed by atoms with van der Waals surface area (Å²) in [5.74, 6) is -0.0861. The molecule has 21 heavy (non-hydrogen) atoms. The van der Waals surface area contributed by atoms with Crippen LogP contribution in [0.1, 0.15) is 29.6 Å². The number of nitro benzene ring substituents is 1. The Labute approximate surface area is 122 Å². The molecule has 1 atom stereocenters. The summed E-state index contributed by atoms with van der Waals surface area (Å²) in [7, 11) is 1.37. The molecule has 1 unspecified atom stereocenters. The summed E-state index contributed by atoms with van der Waals surface area (Å²) in [5.41, 5.74) is 0.157. The van der Waals surface area contributed by atoms with Gasteiger partial charge >= 0.3 is 0 Å². The number of aliphatic hydroxyl groups is 1. The molecule has 1 saturated heterocycles. The minimum absolute atomic E-state index is 0.0823. The molecule has 0 aliphatic carbocycles. The molecule has 0 bridgehead atoms. The number of aliphatic hydroxyl groups excluding tert-OH is 1. The summed E-state index contributed by atoms with van der Waals surface area (Å²) in [5, 5.41) is 20.2. The van der Waals surface area contributed by atoms with E-state index in [1.165, 1.54) is 25.3 Å². The van der Waals surface area contributed by atoms with Crippen LogP contribution in [0.5, 0.6) is 5.75 Å². The Hall–Kier alpha value is -2.15. The van der Waals surface area contributed by atoms with E-state index in [-0.39, 0.29) is 35.6 Å². The van der Waals surface area contributed by atoms with Gasteiger partial charge in [0.05, 0.1) is 36.3 Å². The Morgan fingerprint density at radius 2 is 2.29 bits per heavy atom. The number of non-ortho nitro benzene ring substituents is 1. The molecule has 0 aromatic heterocycles. The van der Waals surface area contributed by atoms with Crippen molar-refractivity contribution in [1.29, 1.82) is 0 Å². The molecule has 1 N–H and O–H groups in total. The number of hydrogen-bond acceptors (Lipinski definition) is 5. The van der Waals surface area contributed by atoms with Gasteiger partial charge < -0.3 is 14.7 Å². The molecular weight excluding hydrogens is 276 g/mol. The number of benzene rings is 1. The molecule has 1 aromatic carbocycles. The van der Waals surface area contributed by atoms with Gasteiger partial charge in [-0.05, 0) is 25.3 Å². The molecule has 7 heteroatoms. The Morgan fingerprint density at radius 1 is 1.52 bits per heavy atom. The average molecular weight is 294 g/mol. The number of piperidine rings is 1. The van der Waals surface area contributed by atoms with E-state index < -0.39 is 4.92 Å². The lowest BCUT2D eigenvalue weighted by molar-refractivity contribution is -0.384. The van der Waals surface area contributed by atoms with Gasteiger partial charge in [0.15, 0.2) is 0 Å². The first kappa shape index (κ1) is 15.2. The summed E-state index contributed by atoms with van der Waals surface area (Å²) in [6, 6.07) is 3.73. The summed E-state index contributed by atoms with van der Waals surface area (Å²) in [6.07, 6.45) is 2.63. The maximum Gasteiger partial charge on any atom is 0.273 e. The monoisotopic (exact) mass is 294 g/mol. The van der Waals surface area contributed by atoms with Crippen LogP contribution in [0, 0.1) is 10.1 Å². The Morgan fingerprint density at radius 3 is 2.90 bits per heavy atom. The average Bonchev–Trinajstić information content (AvgIpc) is 2.53. The SMILES string of the molecule is COc1cc([N+](=O)[O-])ccc1C(=O)N1CCCCC1CO. The lowest BCUT2D eigenvalue weighted by Gasteiger charge is -2.34. The van der Waals surface area contributed by atoms with E-state index in [0.29, 0.717) is 6.54 Å². The van der Waals surface area contributed by atoms with E-state index in [1.54, 1.807) is 4.90 Å². The van der Waals surface area contributed by atoms with Crippen molar-refractivity contribution in [3.8, 4) is 5.75 Å². The van der Waals surface area contributed by atoms with Crippen molar-refractivity contribution in [2.45, 2.75) is 25.3 Å². The summed E-state index contributed by atoms with van der Waals surface area (Å²) in [4.78, 5) is 24.5. The molecule has 1 amide bonds. The van der Waals surface area contributed by atoms with E-state index in [9.17, 15) is 20.0 Å². The van der Waals surface area contributed by atoms with Crippen molar-refractivity contribution in [2.75, 3.05) is 20.3 Å². The van der Waals surface area contributed by atoms with Gasteiger partial charge in [-0.3, -0.25) is 14.9 Å². The van der Waals surface area contributed by atoms with E-state index in [1.807, 2.05) is 0 Å². The number of amides is 1. The van der Waals surface area contributed by atoms with Crippen molar-refractivity contribution in [2.24, 2.45) is 0 Å². The van der Waals surface area contributed by atoms with Gasteiger partial charge in [-0.1, -0.05) is 0 Å². The largest absolute Gasteiger partial charge is 0.496 e. The zero-order valence-electron chi connectivity index (χ0n) is 11.8. The minimum atomic E-state index is -0.534. The quantitative estimate of drug-likeness (QED) is 0.672. The van der Waals surface area contributed by atoms with Crippen molar-refractivity contribution in [3.05, 3.63) is 33.9 Å². The van der Waals surface area contributed by atoms with Crippen molar-refractivity contribution in [3.63, 3.8) is 0 Å². The fourth-order valence-corrected chi connectivity index (χ4v) is 2.58. The zero-order chi connectivity index (χ0) is 15.4. The van der Waals surface area contributed by atoms with Gasteiger partial charge in [0.1, 0.15) is 5.75 Å². The molecule has 1 fully saturated rings. The Kier molecular flexibility index (Phi) is 4.74. The van der Waals surface area contributed by atoms with Gasteiger partial charge in [-0.15, -0.1) is 0 Å². The molecule has 0 spiro atoms. The first-order chi connectivity index (χ1) is 10.1. The maximum absolute atomic E-state index is 12.6. The molecule has 0 saturated carbocycles. The highest BCUT2D eigenvalue weighted by atomic mass is 16.6. The Bertz CT molecular complexity index is 546. The smallest absolute Gasteiger partial charge is 0.273 e. The molecule has 1 aromatic rings. The number of nitro groups is 1. The highest BCUT2D eigenvalue weighted by Crippen LogP contribution is 2.28. The van der Waals surface area contributed by atoms with Crippen molar-refractivity contribution >= 4 is 11.6 Å². The predicted octanol–water partition coefficient (Wildman–Crippen LogP) is 1.59. The fourth-order valence-electron chi connectivity index (χ4n) is 2.58. The number of rotatable bonds is 4. The lowest BCUT2D eigenvalue weighted by Crippen LogP contribution is -2.45. The topological polar surface area (TPSA) is 92.9 Å². The number of nitrogens with zero attached hydrogens (tertiary/aromatic N) is 2. The lowest BCUT2D eigenvalue weighted by atomic mass is 10.0. The summed E-state index contributed by atoms with van der Waals surface area (Å²) < 4.78 is 5.10. The van der Waals surface area contributed by atoms with Gasteiger partial charge in [0.2, 0.25) is 0 Å². The van der Waals surface area contributed by atoms with Crippen LogP contribution in [-0.2, 0) is 0 Å². The summed E-state index contributed by atoms with van der Waals surface area (Å²) in [6.45, 7) is 0.491. The molecular formula is C14H18N2O5. The predicted molar refractivity (Wildman–Crippen MR) is 75.4 cm³/mol. The molecule has 0 radical (unpaired) electrons. The molecule has 1 aliphatic rings. The fraction of sp³-hybridized carbons (Fsp3) is 0.500. The van der Waals surface area contributed by atoms with Crippen LogP contribution in [0.4, 0.5) is 5.69 Å². The first-order valence-electron chi connectivity index (χ1n) is 6.82. The Balaban J connectivity index is 2.31. The van der Waals surface area contributed by atoms with Crippen molar-refractivity contribution < 1.29 is 19.6 Å². The van der Waals surface area contributed by atoms with Gasteiger partial charge in [-0.25, -0.2) is 0 Å². The van der Waals surface area contributed by atoms with E-state index in [0.717, 1.165) is 19.3 Å². The summed E-state index contributed by atoms with van der Waals surface area (Å²) >= 11 is 0. The second-order valence-corrected chi connectivity index (χ2v) is 4.97. The molecule has 114 valence electrons. The van der Waals surface area contributed by atoms with Crippen LogP contribution in [0.15, 0.2) is 18.2 Å².